The number of phenols is 1. The summed E-state index contributed by atoms with van der Waals surface area (Å²) in [6.07, 6.45) is 1.75. The number of aryl methyl sites for hydroxylation is 1. The molecule has 2 aromatic heterocycles. The number of anilines is 1. The minimum absolute atomic E-state index is 0.0891. The molecule has 0 saturated heterocycles. The number of hydrogen-bond acceptors (Lipinski definition) is 5. The molecule has 0 aliphatic heterocycles. The number of aromatic hydroxyl groups is 1. The zero-order chi connectivity index (χ0) is 18.5. The van der Waals surface area contributed by atoms with Crippen molar-refractivity contribution in [3.8, 4) is 17.1 Å². The zero-order valence-corrected chi connectivity index (χ0v) is 14.4. The normalized spacial score (nSPS) is 15.9. The fourth-order valence-corrected chi connectivity index (χ4v) is 3.89. The molecular weight excluding hydrogens is 342 g/mol. The molecular formula is C20H17N5O2. The van der Waals surface area contributed by atoms with Crippen molar-refractivity contribution in [1.82, 2.24) is 19.5 Å². The predicted octanol–water partition coefficient (Wildman–Crippen LogP) is 2.61. The minimum Gasteiger partial charge on any atom is -0.508 e. The van der Waals surface area contributed by atoms with Gasteiger partial charge >= 0.3 is 5.69 Å². The van der Waals surface area contributed by atoms with Crippen molar-refractivity contribution >= 4 is 17.0 Å². The quantitative estimate of drug-likeness (QED) is 0.510. The summed E-state index contributed by atoms with van der Waals surface area (Å²) in [5.74, 6) is 0.696. The number of aromatic amines is 1. The van der Waals surface area contributed by atoms with Crippen molar-refractivity contribution < 1.29 is 5.11 Å². The molecule has 0 saturated carbocycles. The Labute approximate surface area is 154 Å². The standard InChI is InChI=1S/C20H17N5O2/c21-17-16-19(24-18(23-17)12-5-3-6-13(26)10-12)25(20(27)22-16)15-9-8-11-4-1-2-7-14(11)15/h1-7,10,15,26H,8-9H2,(H,22,27)(H2,21,23,24). The van der Waals surface area contributed by atoms with Gasteiger partial charge in [0.1, 0.15) is 11.3 Å². The van der Waals surface area contributed by atoms with Crippen LogP contribution in [0.2, 0.25) is 0 Å². The summed E-state index contributed by atoms with van der Waals surface area (Å²) in [7, 11) is 0. The number of fused-ring (bicyclic) bond motifs is 2. The molecule has 2 aromatic carbocycles. The largest absolute Gasteiger partial charge is 0.508 e. The Morgan fingerprint density at radius 1 is 1.15 bits per heavy atom. The second-order valence-electron chi connectivity index (χ2n) is 6.73. The maximum Gasteiger partial charge on any atom is 0.328 e. The van der Waals surface area contributed by atoms with E-state index in [-0.39, 0.29) is 23.3 Å². The molecule has 4 N–H and O–H groups in total. The van der Waals surface area contributed by atoms with Gasteiger partial charge in [-0.15, -0.1) is 0 Å². The number of H-pyrrole nitrogens is 1. The molecule has 4 aromatic rings. The number of nitrogens with one attached hydrogen (secondary N) is 1. The Hall–Kier alpha value is -3.61. The van der Waals surface area contributed by atoms with Crippen molar-refractivity contribution in [1.29, 1.82) is 0 Å². The molecule has 5 rings (SSSR count). The molecule has 1 aliphatic carbocycles. The number of hydrogen-bond donors (Lipinski definition) is 3. The van der Waals surface area contributed by atoms with Crippen molar-refractivity contribution in [2.45, 2.75) is 18.9 Å². The highest BCUT2D eigenvalue weighted by Gasteiger charge is 2.28. The smallest absolute Gasteiger partial charge is 0.328 e. The van der Waals surface area contributed by atoms with E-state index in [1.54, 1.807) is 28.8 Å². The summed E-state index contributed by atoms with van der Waals surface area (Å²) in [6.45, 7) is 0. The third-order valence-electron chi connectivity index (χ3n) is 5.11. The van der Waals surface area contributed by atoms with Crippen LogP contribution >= 0.6 is 0 Å². The maximum absolute atomic E-state index is 12.7. The van der Waals surface area contributed by atoms with E-state index in [9.17, 15) is 9.90 Å². The fraction of sp³-hybridized carbons (Fsp3) is 0.150. The van der Waals surface area contributed by atoms with E-state index in [2.05, 4.69) is 27.1 Å². The van der Waals surface area contributed by atoms with Crippen molar-refractivity contribution in [2.24, 2.45) is 0 Å². The second-order valence-corrected chi connectivity index (χ2v) is 6.73. The number of rotatable bonds is 2. The first-order chi connectivity index (χ1) is 13.1. The maximum atomic E-state index is 12.7. The second kappa shape index (κ2) is 5.70. The van der Waals surface area contributed by atoms with E-state index < -0.39 is 0 Å². The van der Waals surface area contributed by atoms with Crippen molar-refractivity contribution in [3.05, 3.63) is 70.1 Å². The Bertz CT molecular complexity index is 1240. The Morgan fingerprint density at radius 3 is 2.85 bits per heavy atom. The highest BCUT2D eigenvalue weighted by Crippen LogP contribution is 2.35. The summed E-state index contributed by atoms with van der Waals surface area (Å²) < 4.78 is 1.67. The van der Waals surface area contributed by atoms with Crippen LogP contribution in [0.1, 0.15) is 23.6 Å². The summed E-state index contributed by atoms with van der Waals surface area (Å²) in [4.78, 5) is 24.5. The van der Waals surface area contributed by atoms with E-state index >= 15 is 0 Å². The van der Waals surface area contributed by atoms with Crippen LogP contribution in [0.4, 0.5) is 5.82 Å². The van der Waals surface area contributed by atoms with Gasteiger partial charge < -0.3 is 15.8 Å². The van der Waals surface area contributed by atoms with Gasteiger partial charge in [-0.1, -0.05) is 36.4 Å². The third-order valence-corrected chi connectivity index (χ3v) is 5.11. The summed E-state index contributed by atoms with van der Waals surface area (Å²) in [5.41, 5.74) is 9.80. The van der Waals surface area contributed by atoms with E-state index in [1.165, 1.54) is 5.56 Å². The average Bonchev–Trinajstić information content (AvgIpc) is 3.22. The van der Waals surface area contributed by atoms with Gasteiger partial charge in [0.25, 0.3) is 0 Å². The number of nitrogens with two attached hydrogens (primary N) is 1. The highest BCUT2D eigenvalue weighted by molar-refractivity contribution is 5.84. The zero-order valence-electron chi connectivity index (χ0n) is 14.4. The molecule has 1 aliphatic rings. The fourth-order valence-electron chi connectivity index (χ4n) is 3.89. The first kappa shape index (κ1) is 15.6. The van der Waals surface area contributed by atoms with Crippen LogP contribution in [0.3, 0.4) is 0 Å². The Morgan fingerprint density at radius 2 is 2.00 bits per heavy atom. The van der Waals surface area contributed by atoms with Gasteiger partial charge in [-0.05, 0) is 36.1 Å². The number of imidazole rings is 1. The van der Waals surface area contributed by atoms with Crippen LogP contribution in [0, 0.1) is 0 Å². The summed E-state index contributed by atoms with van der Waals surface area (Å²) >= 11 is 0. The predicted molar refractivity (Wildman–Crippen MR) is 103 cm³/mol. The monoisotopic (exact) mass is 359 g/mol. The van der Waals surface area contributed by atoms with Gasteiger partial charge in [0.05, 0.1) is 6.04 Å². The molecule has 7 heteroatoms. The molecule has 0 spiro atoms. The van der Waals surface area contributed by atoms with Crippen LogP contribution in [-0.4, -0.2) is 24.6 Å². The van der Waals surface area contributed by atoms with Crippen LogP contribution in [0.15, 0.2) is 53.3 Å². The van der Waals surface area contributed by atoms with Crippen molar-refractivity contribution in [2.75, 3.05) is 5.73 Å². The lowest BCUT2D eigenvalue weighted by molar-refractivity contribution is 0.475. The molecule has 1 atom stereocenters. The lowest BCUT2D eigenvalue weighted by atomic mass is 10.1. The van der Waals surface area contributed by atoms with E-state index in [0.717, 1.165) is 18.4 Å². The number of phenolic OH excluding ortho intramolecular Hbond substituents is 1. The van der Waals surface area contributed by atoms with E-state index in [4.69, 9.17) is 5.73 Å². The molecule has 7 nitrogen and oxygen atoms in total. The number of benzene rings is 2. The first-order valence-corrected chi connectivity index (χ1v) is 8.77. The van der Waals surface area contributed by atoms with Crippen molar-refractivity contribution in [3.63, 3.8) is 0 Å². The molecule has 0 fully saturated rings. The lowest BCUT2D eigenvalue weighted by Gasteiger charge is -2.13. The number of nitrogens with zero attached hydrogens (tertiary/aromatic N) is 3. The van der Waals surface area contributed by atoms with Gasteiger partial charge in [-0.3, -0.25) is 4.57 Å². The van der Waals surface area contributed by atoms with Gasteiger partial charge in [0.15, 0.2) is 17.3 Å². The topological polar surface area (TPSA) is 110 Å². The van der Waals surface area contributed by atoms with Gasteiger partial charge in [-0.25, -0.2) is 14.8 Å². The Balaban J connectivity index is 1.74. The first-order valence-electron chi connectivity index (χ1n) is 8.77. The molecule has 0 bridgehead atoms. The van der Waals surface area contributed by atoms with Gasteiger partial charge in [0, 0.05) is 5.56 Å². The average molecular weight is 359 g/mol. The molecule has 0 amide bonds. The highest BCUT2D eigenvalue weighted by atomic mass is 16.3. The molecule has 27 heavy (non-hydrogen) atoms. The van der Waals surface area contributed by atoms with Gasteiger partial charge in [-0.2, -0.15) is 0 Å². The molecule has 134 valence electrons. The van der Waals surface area contributed by atoms with Crippen LogP contribution in [-0.2, 0) is 6.42 Å². The molecule has 2 heterocycles. The SMILES string of the molecule is Nc1nc(-c2cccc(O)c2)nc2c1[nH]c(=O)n2C1CCc2ccccc21. The van der Waals surface area contributed by atoms with Crippen LogP contribution in [0.5, 0.6) is 5.75 Å². The lowest BCUT2D eigenvalue weighted by Crippen LogP contribution is -2.22. The summed E-state index contributed by atoms with van der Waals surface area (Å²) in [5, 5.41) is 9.75. The minimum atomic E-state index is -0.249. The van der Waals surface area contributed by atoms with Gasteiger partial charge in [0.2, 0.25) is 0 Å². The van der Waals surface area contributed by atoms with Crippen LogP contribution in [0.25, 0.3) is 22.6 Å². The van der Waals surface area contributed by atoms with E-state index in [0.29, 0.717) is 22.6 Å². The Kier molecular flexibility index (Phi) is 3.30. The van der Waals surface area contributed by atoms with E-state index in [1.807, 2.05) is 12.1 Å². The number of aromatic nitrogens is 4. The number of nitrogen functional groups attached to an aromatic ring is 1. The summed E-state index contributed by atoms with van der Waals surface area (Å²) in [6, 6.07) is 14.7. The molecule has 1 unspecified atom stereocenters. The molecule has 0 radical (unpaired) electrons. The van der Waals surface area contributed by atoms with Crippen LogP contribution < -0.4 is 11.4 Å². The third kappa shape index (κ3) is 2.39.